The summed E-state index contributed by atoms with van der Waals surface area (Å²) in [6, 6.07) is 23.4. The molecular weight excluding hydrogens is 468 g/mol. The summed E-state index contributed by atoms with van der Waals surface area (Å²) in [4.78, 5) is 30.1. The summed E-state index contributed by atoms with van der Waals surface area (Å²) >= 11 is 0. The highest BCUT2D eigenvalue weighted by Gasteiger charge is 2.25. The van der Waals surface area contributed by atoms with Gasteiger partial charge in [0.1, 0.15) is 17.6 Å². The van der Waals surface area contributed by atoms with Crippen LogP contribution in [0, 0.1) is 5.41 Å². The Morgan fingerprint density at radius 2 is 1.68 bits per heavy atom. The number of piperazine rings is 1. The maximum atomic E-state index is 13.2. The second kappa shape index (κ2) is 11.9. The zero-order chi connectivity index (χ0) is 26.2. The van der Waals surface area contributed by atoms with E-state index in [2.05, 4.69) is 15.5 Å². The molecule has 1 heterocycles. The van der Waals surface area contributed by atoms with Crippen molar-refractivity contribution in [2.45, 2.75) is 6.04 Å². The molecule has 192 valence electrons. The average molecular weight is 501 g/mol. The number of methoxy groups -OCH3 is 1. The molecule has 1 saturated heterocycles. The summed E-state index contributed by atoms with van der Waals surface area (Å²) in [6.45, 7) is 2.39. The Kier molecular flexibility index (Phi) is 8.25. The first-order valence-electron chi connectivity index (χ1n) is 12.2. The van der Waals surface area contributed by atoms with E-state index >= 15 is 0 Å². The van der Waals surface area contributed by atoms with Crippen LogP contribution in [0.3, 0.4) is 0 Å². The third-order valence-corrected chi connectivity index (χ3v) is 6.35. The first-order valence-corrected chi connectivity index (χ1v) is 12.2. The molecule has 0 radical (unpaired) electrons. The molecule has 1 atom stereocenters. The van der Waals surface area contributed by atoms with Gasteiger partial charge in [-0.05, 0) is 29.8 Å². The quantitative estimate of drug-likeness (QED) is 0.265. The number of benzene rings is 3. The molecule has 0 aromatic heterocycles. The van der Waals surface area contributed by atoms with E-state index in [-0.39, 0.29) is 24.2 Å². The molecule has 0 aliphatic carbocycles. The Labute approximate surface area is 216 Å². The fourth-order valence-electron chi connectivity index (χ4n) is 4.35. The summed E-state index contributed by atoms with van der Waals surface area (Å²) in [5, 5.41) is 13.7. The number of hydrogen-bond acceptors (Lipinski definition) is 6. The molecule has 9 heteroatoms. The minimum absolute atomic E-state index is 0.0548. The molecule has 3 aromatic rings. The Morgan fingerprint density at radius 3 is 2.38 bits per heavy atom. The van der Waals surface area contributed by atoms with Crippen molar-refractivity contribution in [3.05, 3.63) is 90.0 Å². The van der Waals surface area contributed by atoms with E-state index in [9.17, 15) is 9.59 Å². The van der Waals surface area contributed by atoms with Crippen molar-refractivity contribution in [2.75, 3.05) is 50.1 Å². The number of amides is 2. The standard InChI is InChI=1S/C28H32N6O3/c1-37-24-13-6-5-12-23(24)33-14-16-34(17-15-33)25(35)19-31-28(36)26(20-8-3-2-4-9-20)32-22-11-7-10-21(18-22)27(29)30/h2-13,18,26,32H,14-17,19H2,1H3,(H3,29,30)(H,31,36). The molecule has 4 rings (SSSR count). The van der Waals surface area contributed by atoms with E-state index < -0.39 is 6.04 Å². The lowest BCUT2D eigenvalue weighted by molar-refractivity contribution is -0.133. The van der Waals surface area contributed by atoms with Crippen LogP contribution in [0.15, 0.2) is 78.9 Å². The van der Waals surface area contributed by atoms with Crippen molar-refractivity contribution in [2.24, 2.45) is 5.73 Å². The molecule has 1 fully saturated rings. The van der Waals surface area contributed by atoms with Crippen LogP contribution in [0.25, 0.3) is 0 Å². The molecule has 0 saturated carbocycles. The van der Waals surface area contributed by atoms with Crippen LogP contribution < -0.4 is 26.0 Å². The van der Waals surface area contributed by atoms with E-state index in [1.54, 1.807) is 30.2 Å². The van der Waals surface area contributed by atoms with Gasteiger partial charge in [0.25, 0.3) is 0 Å². The second-order valence-electron chi connectivity index (χ2n) is 8.74. The van der Waals surface area contributed by atoms with Gasteiger partial charge in [0.15, 0.2) is 0 Å². The Balaban J connectivity index is 1.37. The molecule has 1 aliphatic heterocycles. The number of amidine groups is 1. The van der Waals surface area contributed by atoms with Crippen molar-refractivity contribution in [1.29, 1.82) is 5.41 Å². The summed E-state index contributed by atoms with van der Waals surface area (Å²) in [6.07, 6.45) is 0. The minimum atomic E-state index is -0.724. The molecule has 3 aromatic carbocycles. The number of ether oxygens (including phenoxy) is 1. The summed E-state index contributed by atoms with van der Waals surface area (Å²) in [5.41, 5.74) is 8.59. The van der Waals surface area contributed by atoms with Crippen molar-refractivity contribution in [3.8, 4) is 5.75 Å². The number of carbonyl (C=O) groups excluding carboxylic acids is 2. The Bertz CT molecular complexity index is 1240. The van der Waals surface area contributed by atoms with E-state index in [0.717, 1.165) is 17.0 Å². The van der Waals surface area contributed by atoms with E-state index in [0.29, 0.717) is 37.4 Å². The lowest BCUT2D eigenvalue weighted by Gasteiger charge is -2.36. The monoisotopic (exact) mass is 500 g/mol. The molecular formula is C28H32N6O3. The van der Waals surface area contributed by atoms with Crippen LogP contribution in [0.1, 0.15) is 17.2 Å². The molecule has 37 heavy (non-hydrogen) atoms. The summed E-state index contributed by atoms with van der Waals surface area (Å²) < 4.78 is 5.47. The zero-order valence-corrected chi connectivity index (χ0v) is 20.8. The number of rotatable bonds is 9. The molecule has 9 nitrogen and oxygen atoms in total. The van der Waals surface area contributed by atoms with Crippen LogP contribution in [-0.2, 0) is 9.59 Å². The van der Waals surface area contributed by atoms with Crippen molar-refractivity contribution < 1.29 is 14.3 Å². The molecule has 1 unspecified atom stereocenters. The number of nitrogens with zero attached hydrogens (tertiary/aromatic N) is 2. The van der Waals surface area contributed by atoms with Crippen molar-refractivity contribution in [1.82, 2.24) is 10.2 Å². The van der Waals surface area contributed by atoms with Gasteiger partial charge >= 0.3 is 0 Å². The van der Waals surface area contributed by atoms with Crippen LogP contribution in [0.5, 0.6) is 5.75 Å². The molecule has 0 spiro atoms. The largest absolute Gasteiger partial charge is 0.495 e. The smallest absolute Gasteiger partial charge is 0.247 e. The van der Waals surface area contributed by atoms with Gasteiger partial charge in [-0.2, -0.15) is 0 Å². The molecule has 2 amide bonds. The van der Waals surface area contributed by atoms with E-state index in [1.807, 2.05) is 60.7 Å². The maximum absolute atomic E-state index is 13.2. The van der Waals surface area contributed by atoms with Gasteiger partial charge in [0, 0.05) is 37.4 Å². The number of anilines is 2. The normalized spacial score (nSPS) is 14.0. The minimum Gasteiger partial charge on any atom is -0.495 e. The van der Waals surface area contributed by atoms with E-state index in [4.69, 9.17) is 15.9 Å². The van der Waals surface area contributed by atoms with Crippen LogP contribution in [-0.4, -0.2) is 62.4 Å². The Hall–Kier alpha value is -4.53. The number of para-hydroxylation sites is 2. The average Bonchev–Trinajstić information content (AvgIpc) is 2.95. The van der Waals surface area contributed by atoms with Gasteiger partial charge in [-0.1, -0.05) is 54.6 Å². The fraction of sp³-hybridized carbons (Fsp3) is 0.250. The van der Waals surface area contributed by atoms with Gasteiger partial charge in [0.2, 0.25) is 11.8 Å². The molecule has 5 N–H and O–H groups in total. The number of carbonyl (C=O) groups is 2. The fourth-order valence-corrected chi connectivity index (χ4v) is 4.35. The number of hydrogen-bond donors (Lipinski definition) is 4. The third kappa shape index (κ3) is 6.38. The summed E-state index contributed by atoms with van der Waals surface area (Å²) in [5.74, 6) is 0.308. The molecule has 1 aliphatic rings. The first kappa shape index (κ1) is 25.6. The topological polar surface area (TPSA) is 124 Å². The lowest BCUT2D eigenvalue weighted by Crippen LogP contribution is -2.51. The van der Waals surface area contributed by atoms with Gasteiger partial charge in [0.05, 0.1) is 19.3 Å². The number of nitrogens with two attached hydrogens (primary N) is 1. The predicted octanol–water partition coefficient (Wildman–Crippen LogP) is 2.60. The predicted molar refractivity (Wildman–Crippen MR) is 145 cm³/mol. The van der Waals surface area contributed by atoms with Crippen LogP contribution in [0.4, 0.5) is 11.4 Å². The zero-order valence-electron chi connectivity index (χ0n) is 20.8. The Morgan fingerprint density at radius 1 is 0.973 bits per heavy atom. The second-order valence-corrected chi connectivity index (χ2v) is 8.74. The van der Waals surface area contributed by atoms with Crippen LogP contribution in [0.2, 0.25) is 0 Å². The van der Waals surface area contributed by atoms with Gasteiger partial charge in [-0.3, -0.25) is 15.0 Å². The molecule has 0 bridgehead atoms. The van der Waals surface area contributed by atoms with E-state index in [1.165, 1.54) is 0 Å². The van der Waals surface area contributed by atoms with Gasteiger partial charge in [-0.25, -0.2) is 0 Å². The van der Waals surface area contributed by atoms with Crippen molar-refractivity contribution in [3.63, 3.8) is 0 Å². The SMILES string of the molecule is COc1ccccc1N1CCN(C(=O)CNC(=O)C(Nc2cccc(C(=N)N)c2)c2ccccc2)CC1. The van der Waals surface area contributed by atoms with Crippen LogP contribution >= 0.6 is 0 Å². The highest BCUT2D eigenvalue weighted by molar-refractivity contribution is 5.96. The lowest BCUT2D eigenvalue weighted by atomic mass is 10.1. The van der Waals surface area contributed by atoms with Gasteiger partial charge in [-0.15, -0.1) is 0 Å². The highest BCUT2D eigenvalue weighted by Crippen LogP contribution is 2.28. The number of nitrogens with one attached hydrogen (secondary N) is 3. The van der Waals surface area contributed by atoms with Gasteiger partial charge < -0.3 is 30.9 Å². The highest BCUT2D eigenvalue weighted by atomic mass is 16.5. The maximum Gasteiger partial charge on any atom is 0.247 e. The number of nitrogen functional groups attached to an aromatic ring is 1. The van der Waals surface area contributed by atoms with Crippen molar-refractivity contribution >= 4 is 29.0 Å². The first-order chi connectivity index (χ1) is 18.0. The summed E-state index contributed by atoms with van der Waals surface area (Å²) in [7, 11) is 1.65. The third-order valence-electron chi connectivity index (χ3n) is 6.35.